The van der Waals surface area contributed by atoms with Gasteiger partial charge in [-0.05, 0) is 50.5 Å². The number of nitrogens with one attached hydrogen (secondary N) is 1. The summed E-state index contributed by atoms with van der Waals surface area (Å²) < 4.78 is 2.37. The summed E-state index contributed by atoms with van der Waals surface area (Å²) in [5, 5.41) is 4.95. The molecule has 120 valence electrons. The lowest BCUT2D eigenvalue weighted by Gasteiger charge is -2.20. The summed E-state index contributed by atoms with van der Waals surface area (Å²) in [4.78, 5) is 0. The van der Waals surface area contributed by atoms with Gasteiger partial charge in [0.1, 0.15) is 0 Å². The first-order valence-corrected chi connectivity index (χ1v) is 8.30. The van der Waals surface area contributed by atoms with Crippen molar-refractivity contribution in [1.29, 1.82) is 0 Å². The van der Waals surface area contributed by atoms with E-state index in [2.05, 4.69) is 92.3 Å². The Kier molecular flexibility index (Phi) is 4.27. The van der Waals surface area contributed by atoms with Gasteiger partial charge in [-0.15, -0.1) is 0 Å². The van der Waals surface area contributed by atoms with Crippen molar-refractivity contribution in [1.82, 2.24) is 9.88 Å². The average molecular weight is 306 g/mol. The number of hydrogen-bond acceptors (Lipinski definition) is 1. The Bertz CT molecular complexity index is 806. The molecule has 0 spiro atoms. The molecule has 2 heteroatoms. The first-order chi connectivity index (χ1) is 10.9. The summed E-state index contributed by atoms with van der Waals surface area (Å²) >= 11 is 0. The Balaban J connectivity index is 1.96. The van der Waals surface area contributed by atoms with E-state index < -0.39 is 0 Å². The molecule has 23 heavy (non-hydrogen) atoms. The minimum atomic E-state index is 0.124. The molecule has 0 saturated heterocycles. The molecule has 3 aromatic rings. The van der Waals surface area contributed by atoms with Gasteiger partial charge in [0.05, 0.1) is 0 Å². The highest BCUT2D eigenvalue weighted by Gasteiger charge is 2.13. The van der Waals surface area contributed by atoms with Gasteiger partial charge in [0.15, 0.2) is 0 Å². The van der Waals surface area contributed by atoms with Crippen LogP contribution in [0, 0.1) is 6.92 Å². The Morgan fingerprint density at radius 3 is 2.35 bits per heavy atom. The van der Waals surface area contributed by atoms with Crippen molar-refractivity contribution in [3.05, 3.63) is 71.4 Å². The molecule has 2 nitrogen and oxygen atoms in total. The van der Waals surface area contributed by atoms with Gasteiger partial charge in [-0.1, -0.05) is 42.5 Å². The third-order valence-electron chi connectivity index (χ3n) is 4.28. The van der Waals surface area contributed by atoms with Crippen LogP contribution in [0.25, 0.3) is 10.9 Å². The summed E-state index contributed by atoms with van der Waals surface area (Å²) in [6.45, 7) is 10.6. The molecule has 0 fully saturated rings. The molecule has 0 amide bonds. The van der Waals surface area contributed by atoms with Gasteiger partial charge in [0.25, 0.3) is 0 Å². The maximum absolute atomic E-state index is 3.61. The Morgan fingerprint density at radius 1 is 0.913 bits per heavy atom. The second kappa shape index (κ2) is 6.21. The fourth-order valence-corrected chi connectivity index (χ4v) is 2.93. The molecule has 2 aromatic carbocycles. The second-order valence-electron chi connectivity index (χ2n) is 7.33. The van der Waals surface area contributed by atoms with Crippen LogP contribution < -0.4 is 5.32 Å². The van der Waals surface area contributed by atoms with Crippen LogP contribution in [0.1, 0.15) is 37.5 Å². The average Bonchev–Trinajstić information content (AvgIpc) is 2.85. The van der Waals surface area contributed by atoms with Crippen molar-refractivity contribution >= 4 is 10.9 Å². The molecule has 0 radical (unpaired) electrons. The summed E-state index contributed by atoms with van der Waals surface area (Å²) in [5.74, 6) is 0. The van der Waals surface area contributed by atoms with Crippen molar-refractivity contribution in [2.45, 2.75) is 46.3 Å². The van der Waals surface area contributed by atoms with E-state index >= 15 is 0 Å². The van der Waals surface area contributed by atoms with Crippen LogP contribution >= 0.6 is 0 Å². The van der Waals surface area contributed by atoms with E-state index in [4.69, 9.17) is 0 Å². The van der Waals surface area contributed by atoms with Crippen molar-refractivity contribution in [3.63, 3.8) is 0 Å². The smallest absolute Gasteiger partial charge is 0.0486 e. The van der Waals surface area contributed by atoms with Crippen LogP contribution in [-0.2, 0) is 13.1 Å². The molecular formula is C21H26N2. The lowest BCUT2D eigenvalue weighted by molar-refractivity contribution is 0.425. The molecule has 1 N–H and O–H groups in total. The summed E-state index contributed by atoms with van der Waals surface area (Å²) in [5.41, 5.74) is 5.52. The van der Waals surface area contributed by atoms with Gasteiger partial charge in [-0.2, -0.15) is 0 Å². The molecule has 0 aliphatic rings. The van der Waals surface area contributed by atoms with Crippen molar-refractivity contribution in [3.8, 4) is 0 Å². The SMILES string of the molecule is Cc1ccccc1Cn1cc(CNC(C)(C)C)c2ccccc21. The molecule has 0 aliphatic heterocycles. The van der Waals surface area contributed by atoms with E-state index in [1.54, 1.807) is 0 Å². The summed E-state index contributed by atoms with van der Waals surface area (Å²) in [6, 6.07) is 17.3. The third-order valence-corrected chi connectivity index (χ3v) is 4.28. The number of benzene rings is 2. The number of aryl methyl sites for hydroxylation is 1. The van der Waals surface area contributed by atoms with Gasteiger partial charge in [0, 0.05) is 35.7 Å². The van der Waals surface area contributed by atoms with Crippen LogP contribution in [-0.4, -0.2) is 10.1 Å². The van der Waals surface area contributed by atoms with Gasteiger partial charge in [-0.3, -0.25) is 0 Å². The van der Waals surface area contributed by atoms with Gasteiger partial charge in [0.2, 0.25) is 0 Å². The largest absolute Gasteiger partial charge is 0.343 e. The predicted octanol–water partition coefficient (Wildman–Crippen LogP) is 4.89. The standard InChI is InChI=1S/C21H26N2/c1-16-9-5-6-10-17(16)14-23-15-18(13-22-21(2,3)4)19-11-7-8-12-20(19)23/h5-12,15,22H,13-14H2,1-4H3. The number of para-hydroxylation sites is 1. The molecule has 0 saturated carbocycles. The first-order valence-electron chi connectivity index (χ1n) is 8.30. The maximum atomic E-state index is 3.61. The molecule has 1 aromatic heterocycles. The van der Waals surface area contributed by atoms with E-state index in [1.807, 2.05) is 0 Å². The third kappa shape index (κ3) is 3.65. The van der Waals surface area contributed by atoms with Crippen molar-refractivity contribution < 1.29 is 0 Å². The predicted molar refractivity (Wildman–Crippen MR) is 98.8 cm³/mol. The van der Waals surface area contributed by atoms with Gasteiger partial charge >= 0.3 is 0 Å². The molecule has 0 aliphatic carbocycles. The lowest BCUT2D eigenvalue weighted by atomic mass is 10.1. The van der Waals surface area contributed by atoms with Crippen LogP contribution in [0.4, 0.5) is 0 Å². The Labute approximate surface area is 139 Å². The molecule has 0 unspecified atom stereocenters. The van der Waals surface area contributed by atoms with E-state index in [-0.39, 0.29) is 5.54 Å². The zero-order valence-electron chi connectivity index (χ0n) is 14.6. The number of fused-ring (bicyclic) bond motifs is 1. The molecule has 0 bridgehead atoms. The highest BCUT2D eigenvalue weighted by molar-refractivity contribution is 5.84. The van der Waals surface area contributed by atoms with Crippen LogP contribution in [0.15, 0.2) is 54.7 Å². The normalized spacial score (nSPS) is 12.0. The monoisotopic (exact) mass is 306 g/mol. The molecular weight excluding hydrogens is 280 g/mol. The fraction of sp³-hybridized carbons (Fsp3) is 0.333. The number of aromatic nitrogens is 1. The number of rotatable bonds is 4. The summed E-state index contributed by atoms with van der Waals surface area (Å²) in [7, 11) is 0. The highest BCUT2D eigenvalue weighted by atomic mass is 15.0. The number of nitrogens with zero attached hydrogens (tertiary/aromatic N) is 1. The first kappa shape index (κ1) is 15.8. The zero-order valence-corrected chi connectivity index (χ0v) is 14.6. The van der Waals surface area contributed by atoms with Crippen LogP contribution in [0.2, 0.25) is 0 Å². The van der Waals surface area contributed by atoms with E-state index in [0.29, 0.717) is 0 Å². The Morgan fingerprint density at radius 2 is 1.61 bits per heavy atom. The van der Waals surface area contributed by atoms with E-state index in [0.717, 1.165) is 13.1 Å². The van der Waals surface area contributed by atoms with E-state index in [1.165, 1.54) is 27.6 Å². The molecule has 1 heterocycles. The van der Waals surface area contributed by atoms with Crippen LogP contribution in [0.5, 0.6) is 0 Å². The van der Waals surface area contributed by atoms with Crippen LogP contribution in [0.3, 0.4) is 0 Å². The topological polar surface area (TPSA) is 17.0 Å². The summed E-state index contributed by atoms with van der Waals surface area (Å²) in [6.07, 6.45) is 2.30. The minimum absolute atomic E-state index is 0.124. The lowest BCUT2D eigenvalue weighted by Crippen LogP contribution is -2.34. The zero-order chi connectivity index (χ0) is 16.4. The highest BCUT2D eigenvalue weighted by Crippen LogP contribution is 2.23. The molecule has 3 rings (SSSR count). The second-order valence-corrected chi connectivity index (χ2v) is 7.33. The Hall–Kier alpha value is -2.06. The molecule has 0 atom stereocenters. The number of hydrogen-bond donors (Lipinski definition) is 1. The quantitative estimate of drug-likeness (QED) is 0.726. The van der Waals surface area contributed by atoms with Gasteiger partial charge in [-0.25, -0.2) is 0 Å². The van der Waals surface area contributed by atoms with Gasteiger partial charge < -0.3 is 9.88 Å². The fourth-order valence-electron chi connectivity index (χ4n) is 2.93. The van der Waals surface area contributed by atoms with Crippen molar-refractivity contribution in [2.24, 2.45) is 0 Å². The van der Waals surface area contributed by atoms with Crippen molar-refractivity contribution in [2.75, 3.05) is 0 Å². The maximum Gasteiger partial charge on any atom is 0.0486 e. The van der Waals surface area contributed by atoms with E-state index in [9.17, 15) is 0 Å². The minimum Gasteiger partial charge on any atom is -0.343 e.